The number of para-hydroxylation sites is 1. The Labute approximate surface area is 215 Å². The van der Waals surface area contributed by atoms with E-state index in [4.69, 9.17) is 11.6 Å². The van der Waals surface area contributed by atoms with Crippen LogP contribution in [0.1, 0.15) is 10.4 Å². The standard InChI is InChI=1S/C23H21BrClFN2O6S/c1-27-23(32,12-24)22(31)28(14-5-3-2-4-6-14)19-11-17(25)15(10-20(19)35(27,33)34)13-7-8-18(26)16(9-13)21(29)30/h2-11,22,31-34H,12H2,1H3,(H,29,30). The maximum Gasteiger partial charge on any atom is 0.338 e. The van der Waals surface area contributed by atoms with E-state index < -0.39 is 40.1 Å². The van der Waals surface area contributed by atoms with Crippen molar-refractivity contribution in [1.82, 2.24) is 4.31 Å². The van der Waals surface area contributed by atoms with Gasteiger partial charge in [-0.3, -0.25) is 9.11 Å². The van der Waals surface area contributed by atoms with Crippen molar-refractivity contribution in [1.29, 1.82) is 0 Å². The average molecular weight is 588 g/mol. The third-order valence-corrected chi connectivity index (χ3v) is 9.06. The van der Waals surface area contributed by atoms with Crippen LogP contribution in [0.5, 0.6) is 0 Å². The largest absolute Gasteiger partial charge is 0.478 e. The summed E-state index contributed by atoms with van der Waals surface area (Å²) in [6.45, 7) is 0. The molecule has 8 nitrogen and oxygen atoms in total. The first-order chi connectivity index (χ1) is 16.4. The molecule has 1 heterocycles. The molecular weight excluding hydrogens is 567 g/mol. The van der Waals surface area contributed by atoms with Gasteiger partial charge in [0.25, 0.3) is 0 Å². The summed E-state index contributed by atoms with van der Waals surface area (Å²) in [6, 6.07) is 14.6. The number of aromatic carboxylic acids is 1. The predicted molar refractivity (Wildman–Crippen MR) is 136 cm³/mol. The van der Waals surface area contributed by atoms with Gasteiger partial charge in [-0.1, -0.05) is 51.8 Å². The molecule has 35 heavy (non-hydrogen) atoms. The van der Waals surface area contributed by atoms with Gasteiger partial charge in [0.05, 0.1) is 26.5 Å². The number of hydrogen-bond donors (Lipinski definition) is 5. The van der Waals surface area contributed by atoms with Crippen molar-refractivity contribution in [3.63, 3.8) is 0 Å². The monoisotopic (exact) mass is 586 g/mol. The van der Waals surface area contributed by atoms with E-state index in [9.17, 15) is 33.6 Å². The van der Waals surface area contributed by atoms with Crippen LogP contribution in [-0.2, 0) is 0 Å². The summed E-state index contributed by atoms with van der Waals surface area (Å²) in [7, 11) is -2.67. The Balaban J connectivity index is 2.03. The van der Waals surface area contributed by atoms with Gasteiger partial charge in [0.2, 0.25) is 0 Å². The molecule has 0 aliphatic carbocycles. The van der Waals surface area contributed by atoms with Gasteiger partial charge in [0.15, 0.2) is 12.0 Å². The lowest BCUT2D eigenvalue weighted by Gasteiger charge is -2.48. The number of carboxylic acid groups (broad SMARTS) is 1. The Bertz CT molecular complexity index is 1300. The first-order valence-corrected chi connectivity index (χ1v) is 13.1. The highest BCUT2D eigenvalue weighted by Crippen LogP contribution is 2.62. The van der Waals surface area contributed by atoms with Crippen LogP contribution in [0.4, 0.5) is 15.8 Å². The van der Waals surface area contributed by atoms with Gasteiger partial charge < -0.3 is 20.2 Å². The second-order valence-corrected chi connectivity index (χ2v) is 10.9. The number of hydrogen-bond acceptors (Lipinski definition) is 7. The van der Waals surface area contributed by atoms with Gasteiger partial charge in [0, 0.05) is 18.3 Å². The van der Waals surface area contributed by atoms with Crippen LogP contribution in [-0.4, -0.2) is 59.0 Å². The van der Waals surface area contributed by atoms with E-state index in [0.29, 0.717) is 5.69 Å². The number of aliphatic hydroxyl groups is 2. The second-order valence-electron chi connectivity index (χ2n) is 7.91. The van der Waals surface area contributed by atoms with Gasteiger partial charge in [-0.15, -0.1) is 10.8 Å². The molecule has 0 spiro atoms. The number of anilines is 2. The minimum absolute atomic E-state index is 0.0713. The Morgan fingerprint density at radius 1 is 1.17 bits per heavy atom. The van der Waals surface area contributed by atoms with Crippen LogP contribution in [0.15, 0.2) is 65.6 Å². The van der Waals surface area contributed by atoms with Gasteiger partial charge >= 0.3 is 5.97 Å². The number of rotatable bonds is 4. The molecule has 1 aliphatic rings. The fourth-order valence-electron chi connectivity index (χ4n) is 3.92. The van der Waals surface area contributed by atoms with Crippen molar-refractivity contribution in [2.24, 2.45) is 0 Å². The summed E-state index contributed by atoms with van der Waals surface area (Å²) in [5.74, 6) is -2.41. The Hall–Kier alpha value is -2.22. The molecule has 0 aromatic heterocycles. The highest BCUT2D eigenvalue weighted by atomic mass is 79.9. The molecule has 0 saturated heterocycles. The summed E-state index contributed by atoms with van der Waals surface area (Å²) in [4.78, 5) is 12.7. The lowest BCUT2D eigenvalue weighted by Crippen LogP contribution is -2.60. The topological polar surface area (TPSA) is 125 Å². The normalized spacial score (nSPS) is 22.9. The SMILES string of the molecule is CN1C(O)(CBr)C(O)N(c2ccccc2)c2cc(Cl)c(-c3ccc(F)c(C(=O)O)c3)cc2S1(O)O. The highest BCUT2D eigenvalue weighted by molar-refractivity contribution is 9.09. The van der Waals surface area contributed by atoms with E-state index in [1.807, 2.05) is 0 Å². The van der Waals surface area contributed by atoms with Gasteiger partial charge in [0.1, 0.15) is 5.82 Å². The number of halogens is 3. The van der Waals surface area contributed by atoms with Crippen molar-refractivity contribution < 1.29 is 33.6 Å². The third kappa shape index (κ3) is 4.21. The summed E-state index contributed by atoms with van der Waals surface area (Å²) in [6.07, 6.45) is -1.67. The summed E-state index contributed by atoms with van der Waals surface area (Å²) in [5, 5.41) is 31.8. The molecule has 186 valence electrons. The molecule has 0 saturated carbocycles. The lowest BCUT2D eigenvalue weighted by molar-refractivity contribution is -0.118. The van der Waals surface area contributed by atoms with Gasteiger partial charge in [-0.05, 0) is 42.0 Å². The zero-order valence-electron chi connectivity index (χ0n) is 18.1. The molecule has 3 aromatic carbocycles. The molecule has 2 atom stereocenters. The predicted octanol–water partition coefficient (Wildman–Crippen LogP) is 5.35. The van der Waals surface area contributed by atoms with Crippen molar-refractivity contribution in [2.45, 2.75) is 16.8 Å². The molecule has 5 N–H and O–H groups in total. The summed E-state index contributed by atoms with van der Waals surface area (Å²) >= 11 is 9.74. The van der Waals surface area contributed by atoms with Crippen LogP contribution >= 0.6 is 38.3 Å². The fraction of sp³-hybridized carbons (Fsp3) is 0.174. The smallest absolute Gasteiger partial charge is 0.338 e. The zero-order chi connectivity index (χ0) is 25.7. The van der Waals surface area contributed by atoms with Crippen molar-refractivity contribution in [2.75, 3.05) is 17.3 Å². The Morgan fingerprint density at radius 3 is 2.43 bits per heavy atom. The van der Waals surface area contributed by atoms with Gasteiger partial charge in [-0.2, -0.15) is 4.31 Å². The van der Waals surface area contributed by atoms with Crippen molar-refractivity contribution in [3.8, 4) is 11.1 Å². The Kier molecular flexibility index (Phi) is 6.90. The molecule has 0 radical (unpaired) electrons. The summed E-state index contributed by atoms with van der Waals surface area (Å²) < 4.78 is 37.5. The van der Waals surface area contributed by atoms with Crippen molar-refractivity contribution in [3.05, 3.63) is 77.1 Å². The molecule has 3 aromatic rings. The highest BCUT2D eigenvalue weighted by Gasteiger charge is 2.52. The number of fused-ring (bicyclic) bond motifs is 1. The second kappa shape index (κ2) is 9.34. The van der Waals surface area contributed by atoms with E-state index in [1.54, 1.807) is 30.3 Å². The van der Waals surface area contributed by atoms with Crippen LogP contribution in [0.25, 0.3) is 11.1 Å². The molecule has 4 rings (SSSR count). The maximum absolute atomic E-state index is 14.0. The third-order valence-electron chi connectivity index (χ3n) is 5.93. The van der Waals surface area contributed by atoms with Crippen molar-refractivity contribution >= 4 is 55.7 Å². The fourth-order valence-corrected chi connectivity index (χ4v) is 6.63. The van der Waals surface area contributed by atoms with Crippen LogP contribution in [0.3, 0.4) is 0 Å². The van der Waals surface area contributed by atoms with Crippen LogP contribution in [0.2, 0.25) is 5.02 Å². The quantitative estimate of drug-likeness (QED) is 0.259. The molecule has 2 unspecified atom stereocenters. The number of aliphatic hydroxyl groups excluding tert-OH is 1. The number of carbonyl (C=O) groups is 1. The lowest BCUT2D eigenvalue weighted by atomic mass is 10.0. The van der Waals surface area contributed by atoms with Gasteiger partial charge in [-0.25, -0.2) is 9.18 Å². The number of nitrogens with zero attached hydrogens (tertiary/aromatic N) is 2. The van der Waals surface area contributed by atoms with E-state index in [1.165, 1.54) is 30.1 Å². The minimum Gasteiger partial charge on any atom is -0.478 e. The molecule has 0 amide bonds. The zero-order valence-corrected chi connectivity index (χ0v) is 21.3. The Morgan fingerprint density at radius 2 is 1.83 bits per heavy atom. The first-order valence-electron chi connectivity index (χ1n) is 10.1. The number of benzene rings is 3. The van der Waals surface area contributed by atoms with Crippen LogP contribution in [0, 0.1) is 5.82 Å². The molecule has 1 aliphatic heterocycles. The molecule has 12 heteroatoms. The molecule has 0 bridgehead atoms. The van der Waals surface area contributed by atoms with E-state index in [-0.39, 0.29) is 32.1 Å². The first kappa shape index (κ1) is 25.9. The van der Waals surface area contributed by atoms with E-state index in [0.717, 1.165) is 16.4 Å². The average Bonchev–Trinajstić information content (AvgIpc) is 2.87. The van der Waals surface area contributed by atoms with E-state index in [2.05, 4.69) is 15.9 Å². The molecule has 0 fully saturated rings. The number of likely N-dealkylation sites (N-methyl/N-ethyl adjacent to an activating group) is 1. The van der Waals surface area contributed by atoms with E-state index >= 15 is 0 Å². The summed E-state index contributed by atoms with van der Waals surface area (Å²) in [5.41, 5.74) is -1.76. The maximum atomic E-state index is 14.0. The number of alkyl halides is 1. The van der Waals surface area contributed by atoms with Crippen LogP contribution < -0.4 is 4.90 Å². The molecular formula is C23H21BrClFN2O6S. The minimum atomic E-state index is -3.93. The number of carboxylic acids is 1.